The largest absolute Gasteiger partial charge is 0.489 e. The van der Waals surface area contributed by atoms with E-state index < -0.39 is 17.8 Å². The average molecular weight is 524 g/mol. The minimum Gasteiger partial charge on any atom is -0.489 e. The van der Waals surface area contributed by atoms with Crippen LogP contribution in [0, 0.1) is 5.92 Å². The first-order valence-electron chi connectivity index (χ1n) is 13.3. The number of carbonyl (C=O) groups is 2. The van der Waals surface area contributed by atoms with Crippen LogP contribution in [0.25, 0.3) is 0 Å². The van der Waals surface area contributed by atoms with Crippen LogP contribution in [0.5, 0.6) is 5.75 Å². The first kappa shape index (κ1) is 26.6. The van der Waals surface area contributed by atoms with E-state index in [4.69, 9.17) is 19.2 Å². The van der Waals surface area contributed by atoms with Crippen molar-refractivity contribution in [1.82, 2.24) is 0 Å². The van der Waals surface area contributed by atoms with Crippen molar-refractivity contribution in [1.29, 1.82) is 0 Å². The summed E-state index contributed by atoms with van der Waals surface area (Å²) in [4.78, 5) is 31.9. The zero-order valence-corrected chi connectivity index (χ0v) is 22.3. The first-order chi connectivity index (χ1) is 19.0. The molecule has 0 fully saturated rings. The average Bonchev–Trinajstić information content (AvgIpc) is 2.96. The van der Waals surface area contributed by atoms with Crippen molar-refractivity contribution in [2.24, 2.45) is 10.9 Å². The molecule has 0 saturated heterocycles. The molecule has 1 heterocycles. The molecule has 0 spiro atoms. The number of benzene rings is 3. The highest BCUT2D eigenvalue weighted by Gasteiger charge is 2.44. The van der Waals surface area contributed by atoms with Gasteiger partial charge >= 0.3 is 5.97 Å². The fourth-order valence-electron chi connectivity index (χ4n) is 5.51. The molecule has 3 aromatic carbocycles. The Labute approximate surface area is 229 Å². The Hall–Kier alpha value is -4.03. The maximum Gasteiger partial charge on any atom is 0.315 e. The highest BCUT2D eigenvalue weighted by molar-refractivity contribution is 6.09. The molecule has 200 valence electrons. The van der Waals surface area contributed by atoms with Crippen LogP contribution < -0.4 is 4.74 Å². The minimum atomic E-state index is -0.686. The second-order valence-corrected chi connectivity index (χ2v) is 10.0. The fraction of sp³-hybridized carbons (Fsp3) is 0.303. The predicted octanol–water partition coefficient (Wildman–Crippen LogP) is 6.03. The van der Waals surface area contributed by atoms with Gasteiger partial charge in [0.25, 0.3) is 0 Å². The van der Waals surface area contributed by atoms with E-state index in [1.165, 1.54) is 0 Å². The molecule has 1 aliphatic carbocycles. The van der Waals surface area contributed by atoms with E-state index in [1.807, 2.05) is 79.7 Å². The lowest BCUT2D eigenvalue weighted by molar-refractivity contribution is -0.147. The van der Waals surface area contributed by atoms with E-state index in [9.17, 15) is 9.59 Å². The fourth-order valence-corrected chi connectivity index (χ4v) is 5.51. The molecular weight excluding hydrogens is 490 g/mol. The van der Waals surface area contributed by atoms with Crippen LogP contribution in [-0.4, -0.2) is 37.8 Å². The number of allylic oxidation sites excluding steroid dienone is 2. The second-order valence-electron chi connectivity index (χ2n) is 10.0. The number of rotatable bonds is 9. The van der Waals surface area contributed by atoms with Crippen molar-refractivity contribution in [3.63, 3.8) is 0 Å². The van der Waals surface area contributed by atoms with Crippen molar-refractivity contribution >= 4 is 17.5 Å². The summed E-state index contributed by atoms with van der Waals surface area (Å²) in [6, 6.07) is 27.7. The third-order valence-electron chi connectivity index (χ3n) is 7.43. The molecule has 0 bridgehead atoms. The van der Waals surface area contributed by atoms with E-state index in [1.54, 1.807) is 7.11 Å². The van der Waals surface area contributed by atoms with Crippen molar-refractivity contribution in [2.45, 2.75) is 38.2 Å². The number of ether oxygens (including phenoxy) is 3. The Morgan fingerprint density at radius 1 is 0.872 bits per heavy atom. The summed E-state index contributed by atoms with van der Waals surface area (Å²) in [6.45, 7) is 2.76. The van der Waals surface area contributed by atoms with Gasteiger partial charge in [-0.25, -0.2) is 0 Å². The highest BCUT2D eigenvalue weighted by Crippen LogP contribution is 2.47. The molecule has 1 aliphatic heterocycles. The molecule has 0 N–H and O–H groups in total. The number of hydrogen-bond donors (Lipinski definition) is 0. The molecule has 6 nitrogen and oxygen atoms in total. The van der Waals surface area contributed by atoms with E-state index in [-0.39, 0.29) is 18.3 Å². The summed E-state index contributed by atoms with van der Waals surface area (Å²) in [5, 5.41) is 0. The number of hydrogen-bond acceptors (Lipinski definition) is 6. The maximum atomic E-state index is 13.7. The molecule has 0 radical (unpaired) electrons. The van der Waals surface area contributed by atoms with Crippen molar-refractivity contribution in [3.05, 3.63) is 113 Å². The predicted molar refractivity (Wildman–Crippen MR) is 150 cm³/mol. The summed E-state index contributed by atoms with van der Waals surface area (Å²) in [6.07, 6.45) is 1.04. The second kappa shape index (κ2) is 12.2. The number of Topliss-reactive ketones (excluding diaryl/α,β-unsaturated/α-hetero) is 1. The maximum absolute atomic E-state index is 13.7. The molecular formula is C33H33NO5. The van der Waals surface area contributed by atoms with E-state index in [0.29, 0.717) is 37.3 Å². The Morgan fingerprint density at radius 3 is 2.26 bits per heavy atom. The van der Waals surface area contributed by atoms with Crippen molar-refractivity contribution in [3.8, 4) is 5.75 Å². The third-order valence-corrected chi connectivity index (χ3v) is 7.43. The normalized spacial score (nSPS) is 20.7. The highest BCUT2D eigenvalue weighted by atomic mass is 16.6. The summed E-state index contributed by atoms with van der Waals surface area (Å²) >= 11 is 0. The molecule has 6 heteroatoms. The molecule has 0 saturated carbocycles. The molecule has 1 unspecified atom stereocenters. The number of ketones is 1. The zero-order valence-electron chi connectivity index (χ0n) is 22.3. The summed E-state index contributed by atoms with van der Waals surface area (Å²) in [5.74, 6) is -0.739. The van der Waals surface area contributed by atoms with Crippen LogP contribution in [0.15, 0.2) is 101 Å². The lowest BCUT2D eigenvalue weighted by Gasteiger charge is -2.36. The number of nitrogens with zero attached hydrogens (tertiary/aromatic N) is 1. The Morgan fingerprint density at radius 2 is 1.56 bits per heavy atom. The van der Waals surface area contributed by atoms with Gasteiger partial charge in [-0.15, -0.1) is 0 Å². The van der Waals surface area contributed by atoms with Gasteiger partial charge in [0.1, 0.15) is 24.9 Å². The monoisotopic (exact) mass is 523 g/mol. The SMILES string of the molecule is COCCOC(=O)C1C(C)=NC2=C(C(=O)C[C@H](c3ccccc3)C2)[C@H]1c1ccc(OCc2ccccc2)cc1. The molecule has 3 aromatic rings. The third kappa shape index (κ3) is 6.02. The molecule has 5 rings (SSSR count). The zero-order chi connectivity index (χ0) is 27.2. The van der Waals surface area contributed by atoms with Gasteiger partial charge in [0.2, 0.25) is 0 Å². The smallest absolute Gasteiger partial charge is 0.315 e. The topological polar surface area (TPSA) is 74.2 Å². The lowest BCUT2D eigenvalue weighted by atomic mass is 9.69. The van der Waals surface area contributed by atoms with E-state index in [2.05, 4.69) is 12.1 Å². The molecule has 39 heavy (non-hydrogen) atoms. The van der Waals surface area contributed by atoms with Gasteiger partial charge in [0, 0.05) is 36.4 Å². The van der Waals surface area contributed by atoms with Gasteiger partial charge in [-0.3, -0.25) is 14.6 Å². The van der Waals surface area contributed by atoms with Gasteiger partial charge in [-0.05, 0) is 48.1 Å². The molecule has 0 aromatic heterocycles. The van der Waals surface area contributed by atoms with Crippen molar-refractivity contribution in [2.75, 3.05) is 20.3 Å². The standard InChI is InChI=1S/C33H33NO5/c1-22-30(33(36)38-18-17-37-2)31(25-13-15-27(16-14-25)39-21-23-9-5-3-6-10-23)32-28(34-22)19-26(20-29(32)35)24-11-7-4-8-12-24/h3-16,26,30-31H,17-21H2,1-2H3/t26-,30?,31+/m1/s1. The Bertz CT molecular complexity index is 1360. The van der Waals surface area contributed by atoms with Crippen LogP contribution in [0.4, 0.5) is 0 Å². The molecule has 0 amide bonds. The lowest BCUT2D eigenvalue weighted by Crippen LogP contribution is -2.38. The van der Waals surface area contributed by atoms with E-state index in [0.717, 1.165) is 28.1 Å². The van der Waals surface area contributed by atoms with Crippen LogP contribution in [-0.2, 0) is 25.7 Å². The Balaban J connectivity index is 1.45. The van der Waals surface area contributed by atoms with Crippen LogP contribution in [0.1, 0.15) is 48.3 Å². The van der Waals surface area contributed by atoms with E-state index >= 15 is 0 Å². The van der Waals surface area contributed by atoms with Gasteiger partial charge in [0.15, 0.2) is 5.78 Å². The van der Waals surface area contributed by atoms with Gasteiger partial charge in [-0.2, -0.15) is 0 Å². The number of methoxy groups -OCH3 is 1. The minimum absolute atomic E-state index is 0.0328. The van der Waals surface area contributed by atoms with Gasteiger partial charge in [-0.1, -0.05) is 72.8 Å². The summed E-state index contributed by atoms with van der Waals surface area (Å²) in [7, 11) is 1.56. The van der Waals surface area contributed by atoms with Crippen molar-refractivity contribution < 1.29 is 23.8 Å². The summed E-state index contributed by atoms with van der Waals surface area (Å²) in [5.41, 5.74) is 5.13. The van der Waals surface area contributed by atoms with Crippen LogP contribution >= 0.6 is 0 Å². The van der Waals surface area contributed by atoms with Crippen LogP contribution in [0.3, 0.4) is 0 Å². The number of carbonyl (C=O) groups excluding carboxylic acids is 2. The molecule has 3 atom stereocenters. The van der Waals surface area contributed by atoms with Crippen LogP contribution in [0.2, 0.25) is 0 Å². The summed E-state index contributed by atoms with van der Waals surface area (Å²) < 4.78 is 16.6. The number of esters is 1. The quantitative estimate of drug-likeness (QED) is 0.253. The number of aliphatic imine (C=N–C) groups is 1. The molecule has 2 aliphatic rings. The van der Waals surface area contributed by atoms with Gasteiger partial charge in [0.05, 0.1) is 6.61 Å². The first-order valence-corrected chi connectivity index (χ1v) is 13.3. The van der Waals surface area contributed by atoms with Gasteiger partial charge < -0.3 is 14.2 Å². The Kier molecular flexibility index (Phi) is 8.33.